The van der Waals surface area contributed by atoms with Crippen LogP contribution in [0.3, 0.4) is 0 Å². The number of carbonyl (C=O) groups is 1. The highest BCUT2D eigenvalue weighted by atomic mass is 16.1. The Labute approximate surface area is 170 Å². The van der Waals surface area contributed by atoms with Gasteiger partial charge in [0.05, 0.1) is 18.3 Å². The number of aryl methyl sites for hydroxylation is 1. The predicted octanol–water partition coefficient (Wildman–Crippen LogP) is 2.69. The summed E-state index contributed by atoms with van der Waals surface area (Å²) in [5.74, 6) is 1.64. The molecule has 0 saturated carbocycles. The zero-order valence-electron chi connectivity index (χ0n) is 16.5. The van der Waals surface area contributed by atoms with Crippen LogP contribution in [0.25, 0.3) is 0 Å². The van der Waals surface area contributed by atoms with Crippen molar-refractivity contribution in [3.05, 3.63) is 72.2 Å². The molecule has 0 spiro atoms. The summed E-state index contributed by atoms with van der Waals surface area (Å²) >= 11 is 0. The molecule has 29 heavy (non-hydrogen) atoms. The maximum Gasteiger partial charge on any atom is 0.228 e. The Balaban J connectivity index is 1.30. The molecular weight excluding hydrogens is 364 g/mol. The van der Waals surface area contributed by atoms with Crippen LogP contribution >= 0.6 is 0 Å². The monoisotopic (exact) mass is 388 g/mol. The summed E-state index contributed by atoms with van der Waals surface area (Å²) < 4.78 is 0. The summed E-state index contributed by atoms with van der Waals surface area (Å²) in [6.45, 7) is 5.43. The number of rotatable bonds is 5. The van der Waals surface area contributed by atoms with E-state index in [9.17, 15) is 4.79 Å². The number of carbonyl (C=O) groups excluding carboxylic acids is 1. The van der Waals surface area contributed by atoms with Crippen molar-refractivity contribution in [2.75, 3.05) is 41.3 Å². The van der Waals surface area contributed by atoms with E-state index in [1.165, 1.54) is 5.56 Å². The molecule has 1 N–H and O–H groups in total. The zero-order valence-corrected chi connectivity index (χ0v) is 16.5. The van der Waals surface area contributed by atoms with E-state index in [-0.39, 0.29) is 5.91 Å². The van der Waals surface area contributed by atoms with Crippen molar-refractivity contribution < 1.29 is 4.79 Å². The van der Waals surface area contributed by atoms with Gasteiger partial charge in [0.1, 0.15) is 5.82 Å². The van der Waals surface area contributed by atoms with Crippen LogP contribution in [-0.2, 0) is 11.2 Å². The third-order valence-corrected chi connectivity index (χ3v) is 4.96. The fourth-order valence-electron chi connectivity index (χ4n) is 3.33. The van der Waals surface area contributed by atoms with Gasteiger partial charge in [-0.2, -0.15) is 0 Å². The van der Waals surface area contributed by atoms with Gasteiger partial charge in [0.15, 0.2) is 0 Å². The minimum absolute atomic E-state index is 0.0418. The molecule has 1 aromatic carbocycles. The topological polar surface area (TPSA) is 74.2 Å². The van der Waals surface area contributed by atoms with Gasteiger partial charge in [-0.15, -0.1) is 0 Å². The van der Waals surface area contributed by atoms with Crippen molar-refractivity contribution in [1.82, 2.24) is 15.0 Å². The van der Waals surface area contributed by atoms with Crippen LogP contribution in [0.1, 0.15) is 11.1 Å². The summed E-state index contributed by atoms with van der Waals surface area (Å²) in [5, 5.41) is 2.92. The molecule has 0 atom stereocenters. The first-order valence-corrected chi connectivity index (χ1v) is 9.76. The zero-order chi connectivity index (χ0) is 20.1. The highest BCUT2D eigenvalue weighted by Crippen LogP contribution is 2.18. The molecule has 7 heteroatoms. The molecule has 0 aliphatic carbocycles. The average molecular weight is 388 g/mol. The second kappa shape index (κ2) is 8.68. The smallest absolute Gasteiger partial charge is 0.228 e. The SMILES string of the molecule is Cc1ccc(CC(=O)Nc2ccc(N3CCN(c4ncccn4)CC3)nc2)cc1. The number of aromatic nitrogens is 3. The van der Waals surface area contributed by atoms with Crippen LogP contribution in [0.4, 0.5) is 17.5 Å². The lowest BCUT2D eigenvalue weighted by Crippen LogP contribution is -2.47. The predicted molar refractivity (Wildman–Crippen MR) is 114 cm³/mol. The lowest BCUT2D eigenvalue weighted by atomic mass is 10.1. The van der Waals surface area contributed by atoms with Gasteiger partial charge in [0, 0.05) is 38.6 Å². The Hall–Kier alpha value is -3.48. The first kappa shape index (κ1) is 18.9. The Morgan fingerprint density at radius 3 is 2.28 bits per heavy atom. The molecule has 1 fully saturated rings. The first-order valence-electron chi connectivity index (χ1n) is 9.76. The van der Waals surface area contributed by atoms with Gasteiger partial charge in [0.2, 0.25) is 11.9 Å². The molecule has 1 aliphatic heterocycles. The molecule has 1 saturated heterocycles. The second-order valence-corrected chi connectivity index (χ2v) is 7.14. The average Bonchev–Trinajstić information content (AvgIpc) is 2.77. The fraction of sp³-hybridized carbons (Fsp3) is 0.273. The number of nitrogens with zero attached hydrogens (tertiary/aromatic N) is 5. The lowest BCUT2D eigenvalue weighted by Gasteiger charge is -2.35. The van der Waals surface area contributed by atoms with E-state index in [1.807, 2.05) is 49.4 Å². The Bertz CT molecular complexity index is 935. The standard InChI is InChI=1S/C22H24N6O/c1-17-3-5-18(6-4-17)15-21(29)26-19-7-8-20(25-16-19)27-11-13-28(14-12-27)22-23-9-2-10-24-22/h2-10,16H,11-15H2,1H3,(H,26,29). The molecule has 1 aliphatic rings. The van der Waals surface area contributed by atoms with Gasteiger partial charge in [0.25, 0.3) is 0 Å². The first-order chi connectivity index (χ1) is 14.2. The summed E-state index contributed by atoms with van der Waals surface area (Å²) in [6.07, 6.45) is 5.60. The molecule has 4 rings (SSSR count). The van der Waals surface area contributed by atoms with Crippen molar-refractivity contribution >= 4 is 23.4 Å². The minimum atomic E-state index is -0.0418. The second-order valence-electron chi connectivity index (χ2n) is 7.14. The van der Waals surface area contributed by atoms with Crippen molar-refractivity contribution in [1.29, 1.82) is 0 Å². The molecule has 1 amide bonds. The molecule has 3 aromatic rings. The quantitative estimate of drug-likeness (QED) is 0.724. The Kier molecular flexibility index (Phi) is 5.65. The number of hydrogen-bond donors (Lipinski definition) is 1. The normalized spacial score (nSPS) is 14.0. The van der Waals surface area contributed by atoms with E-state index >= 15 is 0 Å². The summed E-state index contributed by atoms with van der Waals surface area (Å²) in [6, 6.07) is 13.7. The number of pyridine rings is 1. The molecule has 148 valence electrons. The summed E-state index contributed by atoms with van der Waals surface area (Å²) in [4.78, 5) is 29.8. The van der Waals surface area contributed by atoms with Crippen molar-refractivity contribution in [2.45, 2.75) is 13.3 Å². The number of hydrogen-bond acceptors (Lipinski definition) is 6. The number of anilines is 3. The van der Waals surface area contributed by atoms with E-state index in [0.717, 1.165) is 43.5 Å². The van der Waals surface area contributed by atoms with Crippen LogP contribution in [0.2, 0.25) is 0 Å². The van der Waals surface area contributed by atoms with Gasteiger partial charge in [-0.1, -0.05) is 29.8 Å². The number of piperazine rings is 1. The van der Waals surface area contributed by atoms with Gasteiger partial charge in [-0.25, -0.2) is 15.0 Å². The Morgan fingerprint density at radius 2 is 1.62 bits per heavy atom. The molecule has 0 bridgehead atoms. The van der Waals surface area contributed by atoms with Gasteiger partial charge < -0.3 is 15.1 Å². The minimum Gasteiger partial charge on any atom is -0.353 e. The third kappa shape index (κ3) is 4.87. The van der Waals surface area contributed by atoms with Crippen LogP contribution in [-0.4, -0.2) is 47.0 Å². The molecule has 3 heterocycles. The van der Waals surface area contributed by atoms with Crippen molar-refractivity contribution in [2.24, 2.45) is 0 Å². The van der Waals surface area contributed by atoms with Crippen LogP contribution in [0.15, 0.2) is 61.1 Å². The van der Waals surface area contributed by atoms with E-state index in [0.29, 0.717) is 12.1 Å². The highest BCUT2D eigenvalue weighted by Gasteiger charge is 2.19. The van der Waals surface area contributed by atoms with Crippen LogP contribution in [0.5, 0.6) is 0 Å². The summed E-state index contributed by atoms with van der Waals surface area (Å²) in [7, 11) is 0. The summed E-state index contributed by atoms with van der Waals surface area (Å²) in [5.41, 5.74) is 2.89. The molecule has 2 aromatic heterocycles. The maximum atomic E-state index is 12.3. The maximum absolute atomic E-state index is 12.3. The number of nitrogens with one attached hydrogen (secondary N) is 1. The fourth-order valence-corrected chi connectivity index (χ4v) is 3.33. The Morgan fingerprint density at radius 1 is 0.931 bits per heavy atom. The lowest BCUT2D eigenvalue weighted by molar-refractivity contribution is -0.115. The number of amides is 1. The molecule has 0 unspecified atom stereocenters. The van der Waals surface area contributed by atoms with E-state index in [4.69, 9.17) is 0 Å². The van der Waals surface area contributed by atoms with E-state index in [1.54, 1.807) is 18.6 Å². The van der Waals surface area contributed by atoms with E-state index < -0.39 is 0 Å². The van der Waals surface area contributed by atoms with Crippen LogP contribution < -0.4 is 15.1 Å². The van der Waals surface area contributed by atoms with E-state index in [2.05, 4.69) is 30.1 Å². The number of benzene rings is 1. The van der Waals surface area contributed by atoms with Crippen molar-refractivity contribution in [3.8, 4) is 0 Å². The van der Waals surface area contributed by atoms with Gasteiger partial charge >= 0.3 is 0 Å². The molecular formula is C22H24N6O. The van der Waals surface area contributed by atoms with Gasteiger partial charge in [-0.05, 0) is 30.7 Å². The highest BCUT2D eigenvalue weighted by molar-refractivity contribution is 5.92. The van der Waals surface area contributed by atoms with Gasteiger partial charge in [-0.3, -0.25) is 4.79 Å². The molecule has 7 nitrogen and oxygen atoms in total. The largest absolute Gasteiger partial charge is 0.353 e. The van der Waals surface area contributed by atoms with Crippen molar-refractivity contribution in [3.63, 3.8) is 0 Å². The molecule has 0 radical (unpaired) electrons. The van der Waals surface area contributed by atoms with Crippen LogP contribution in [0, 0.1) is 6.92 Å². The third-order valence-electron chi connectivity index (χ3n) is 4.96.